The fraction of sp³-hybridized carbons (Fsp3) is 0.316. The molecule has 2 rings (SSSR count). The van der Waals surface area contributed by atoms with Gasteiger partial charge in [-0.15, -0.1) is 0 Å². The van der Waals surface area contributed by atoms with Crippen molar-refractivity contribution < 1.29 is 18.3 Å². The van der Waals surface area contributed by atoms with Crippen molar-refractivity contribution in [2.45, 2.75) is 32.4 Å². The van der Waals surface area contributed by atoms with Crippen molar-refractivity contribution in [2.75, 3.05) is 6.54 Å². The van der Waals surface area contributed by atoms with E-state index in [9.17, 15) is 13.6 Å². The van der Waals surface area contributed by atoms with Crippen LogP contribution in [-0.2, 0) is 0 Å². The molecule has 0 radical (unpaired) electrons. The van der Waals surface area contributed by atoms with Crippen molar-refractivity contribution in [1.29, 1.82) is 0 Å². The third kappa shape index (κ3) is 5.26. The molecule has 3 N–H and O–H groups in total. The van der Waals surface area contributed by atoms with Crippen LogP contribution in [-0.4, -0.2) is 19.1 Å². The average molecular weight is 348 g/mol. The molecule has 0 heterocycles. The van der Waals surface area contributed by atoms with E-state index in [1.807, 2.05) is 24.3 Å². The van der Waals surface area contributed by atoms with Gasteiger partial charge in [0.15, 0.2) is 0 Å². The Hall–Kier alpha value is -2.47. The molecular weight excluding hydrogens is 326 g/mol. The summed E-state index contributed by atoms with van der Waals surface area (Å²) < 4.78 is 29.2. The summed E-state index contributed by atoms with van der Waals surface area (Å²) >= 11 is 0. The van der Waals surface area contributed by atoms with Gasteiger partial charge < -0.3 is 15.8 Å². The second-order valence-electron chi connectivity index (χ2n) is 6.01. The molecule has 4 nitrogen and oxygen atoms in total. The van der Waals surface area contributed by atoms with E-state index in [0.717, 1.165) is 5.56 Å². The second kappa shape index (κ2) is 8.58. The zero-order valence-electron chi connectivity index (χ0n) is 14.2. The fourth-order valence-electron chi connectivity index (χ4n) is 2.40. The molecule has 1 amide bonds. The summed E-state index contributed by atoms with van der Waals surface area (Å²) in [5, 5.41) is 2.66. The van der Waals surface area contributed by atoms with Gasteiger partial charge in [-0.25, -0.2) is 0 Å². The molecule has 0 aromatic heterocycles. The third-order valence-corrected chi connectivity index (χ3v) is 3.86. The Kier molecular flexibility index (Phi) is 6.47. The van der Waals surface area contributed by atoms with Gasteiger partial charge in [-0.05, 0) is 29.2 Å². The summed E-state index contributed by atoms with van der Waals surface area (Å²) in [6.45, 7) is 1.40. The van der Waals surface area contributed by atoms with Crippen molar-refractivity contribution in [3.63, 3.8) is 0 Å². The predicted molar refractivity (Wildman–Crippen MR) is 92.9 cm³/mol. The molecular formula is C19H22F2N2O2. The molecule has 2 aromatic carbocycles. The lowest BCUT2D eigenvalue weighted by molar-refractivity contribution is -0.0501. The topological polar surface area (TPSA) is 64.3 Å². The zero-order valence-corrected chi connectivity index (χ0v) is 14.2. The standard InChI is InChI=1S/C19H22F2N2O2/c1-12(2)13-7-9-14(10-8-13)16(22)11-23-18(24)15-5-3-4-6-17(15)25-19(20)21/h3-10,12,16,19H,11,22H2,1-2H3,(H,23,24). The van der Waals surface area contributed by atoms with E-state index in [-0.39, 0.29) is 17.9 Å². The van der Waals surface area contributed by atoms with Crippen LogP contribution in [0.15, 0.2) is 48.5 Å². The number of amides is 1. The minimum Gasteiger partial charge on any atom is -0.434 e. The molecule has 0 saturated carbocycles. The van der Waals surface area contributed by atoms with Crippen LogP contribution in [0.1, 0.15) is 47.3 Å². The Morgan fingerprint density at radius 3 is 2.28 bits per heavy atom. The maximum atomic E-state index is 12.4. The maximum absolute atomic E-state index is 12.4. The number of carbonyl (C=O) groups is 1. The number of ether oxygens (including phenoxy) is 1. The molecule has 0 bridgehead atoms. The van der Waals surface area contributed by atoms with Crippen LogP contribution in [0.25, 0.3) is 0 Å². The average Bonchev–Trinajstić information content (AvgIpc) is 2.59. The first-order valence-electron chi connectivity index (χ1n) is 8.06. The lowest BCUT2D eigenvalue weighted by Crippen LogP contribution is -2.32. The number of hydrogen-bond acceptors (Lipinski definition) is 3. The number of para-hydroxylation sites is 1. The van der Waals surface area contributed by atoms with Crippen LogP contribution in [0.4, 0.5) is 8.78 Å². The second-order valence-corrected chi connectivity index (χ2v) is 6.01. The zero-order chi connectivity index (χ0) is 18.4. The highest BCUT2D eigenvalue weighted by atomic mass is 19.3. The van der Waals surface area contributed by atoms with Gasteiger partial charge in [0, 0.05) is 12.6 Å². The van der Waals surface area contributed by atoms with Gasteiger partial charge in [-0.3, -0.25) is 4.79 Å². The molecule has 134 valence electrons. The quantitative estimate of drug-likeness (QED) is 0.799. The third-order valence-electron chi connectivity index (χ3n) is 3.86. The first kappa shape index (κ1) is 18.9. The summed E-state index contributed by atoms with van der Waals surface area (Å²) in [4.78, 5) is 12.2. The van der Waals surface area contributed by atoms with E-state index < -0.39 is 18.6 Å². The monoisotopic (exact) mass is 348 g/mol. The normalized spacial score (nSPS) is 12.3. The number of carbonyl (C=O) groups excluding carboxylic acids is 1. The smallest absolute Gasteiger partial charge is 0.387 e. The highest BCUT2D eigenvalue weighted by molar-refractivity contribution is 5.96. The van der Waals surface area contributed by atoms with E-state index in [1.54, 1.807) is 6.07 Å². The Balaban J connectivity index is 2.00. The first-order chi connectivity index (χ1) is 11.9. The van der Waals surface area contributed by atoms with E-state index in [4.69, 9.17) is 5.73 Å². The van der Waals surface area contributed by atoms with E-state index in [2.05, 4.69) is 23.9 Å². The van der Waals surface area contributed by atoms with Gasteiger partial charge >= 0.3 is 6.61 Å². The number of rotatable bonds is 7. The number of halogens is 2. The Morgan fingerprint density at radius 2 is 1.68 bits per heavy atom. The minimum atomic E-state index is -2.99. The lowest BCUT2D eigenvalue weighted by atomic mass is 9.99. The first-order valence-corrected chi connectivity index (χ1v) is 8.06. The summed E-state index contributed by atoms with van der Waals surface area (Å²) in [5.41, 5.74) is 8.24. The van der Waals surface area contributed by atoms with E-state index in [1.165, 1.54) is 23.8 Å². The molecule has 1 unspecified atom stereocenters. The lowest BCUT2D eigenvalue weighted by Gasteiger charge is -2.15. The Labute approximate surface area is 146 Å². The number of benzene rings is 2. The Bertz CT molecular complexity index is 703. The van der Waals surface area contributed by atoms with Crippen LogP contribution >= 0.6 is 0 Å². The molecule has 6 heteroatoms. The predicted octanol–water partition coefficient (Wildman–Crippen LogP) is 3.84. The van der Waals surface area contributed by atoms with Crippen molar-refractivity contribution >= 4 is 5.91 Å². The van der Waals surface area contributed by atoms with Crippen molar-refractivity contribution in [1.82, 2.24) is 5.32 Å². The van der Waals surface area contributed by atoms with Crippen molar-refractivity contribution in [2.24, 2.45) is 5.73 Å². The molecule has 1 atom stereocenters. The molecule has 2 aromatic rings. The van der Waals surface area contributed by atoms with Crippen molar-refractivity contribution in [3.05, 3.63) is 65.2 Å². The number of nitrogens with two attached hydrogens (primary N) is 1. The Morgan fingerprint density at radius 1 is 1.08 bits per heavy atom. The van der Waals surface area contributed by atoms with Crippen LogP contribution < -0.4 is 15.8 Å². The highest BCUT2D eigenvalue weighted by Gasteiger charge is 2.16. The summed E-state index contributed by atoms with van der Waals surface area (Å²) in [6, 6.07) is 13.3. The molecule has 0 aliphatic carbocycles. The molecule has 0 aliphatic rings. The van der Waals surface area contributed by atoms with E-state index in [0.29, 0.717) is 5.92 Å². The maximum Gasteiger partial charge on any atom is 0.387 e. The van der Waals surface area contributed by atoms with Gasteiger partial charge in [0.1, 0.15) is 5.75 Å². The van der Waals surface area contributed by atoms with Gasteiger partial charge in [0.25, 0.3) is 5.91 Å². The van der Waals surface area contributed by atoms with Crippen LogP contribution in [0.2, 0.25) is 0 Å². The van der Waals surface area contributed by atoms with Gasteiger partial charge in [-0.1, -0.05) is 50.2 Å². The minimum absolute atomic E-state index is 0.0464. The molecule has 0 saturated heterocycles. The molecule has 0 aliphatic heterocycles. The molecule has 0 fully saturated rings. The number of alkyl halides is 2. The van der Waals surface area contributed by atoms with Crippen molar-refractivity contribution in [3.8, 4) is 5.75 Å². The number of hydrogen-bond donors (Lipinski definition) is 2. The fourth-order valence-corrected chi connectivity index (χ4v) is 2.40. The highest BCUT2D eigenvalue weighted by Crippen LogP contribution is 2.21. The van der Waals surface area contributed by atoms with Crippen LogP contribution in [0.5, 0.6) is 5.75 Å². The molecule has 0 spiro atoms. The van der Waals surface area contributed by atoms with Gasteiger partial charge in [0.05, 0.1) is 5.56 Å². The van der Waals surface area contributed by atoms with Crippen LogP contribution in [0, 0.1) is 0 Å². The molecule has 25 heavy (non-hydrogen) atoms. The van der Waals surface area contributed by atoms with Gasteiger partial charge in [0.2, 0.25) is 0 Å². The van der Waals surface area contributed by atoms with E-state index >= 15 is 0 Å². The SMILES string of the molecule is CC(C)c1ccc(C(N)CNC(=O)c2ccccc2OC(F)F)cc1. The van der Waals surface area contributed by atoms with Gasteiger partial charge in [-0.2, -0.15) is 8.78 Å². The summed E-state index contributed by atoms with van der Waals surface area (Å²) in [5.74, 6) is -0.244. The van der Waals surface area contributed by atoms with Crippen LogP contribution in [0.3, 0.4) is 0 Å². The largest absolute Gasteiger partial charge is 0.434 e. The summed E-state index contributed by atoms with van der Waals surface area (Å²) in [7, 11) is 0. The summed E-state index contributed by atoms with van der Waals surface area (Å²) in [6.07, 6.45) is 0. The number of nitrogens with one attached hydrogen (secondary N) is 1.